The van der Waals surface area contributed by atoms with Crippen molar-refractivity contribution in [2.75, 3.05) is 25.5 Å². The standard InChI is InChI=1S/C31H45N4OP/c1-20(2)25-10-7-11-26(30(25)37)21(3)32-22(4)27-19-35(31(14-15-31)23-8-6-9-23)29(36)18-28(27)33-24-12-16-34(5)17-13-24/h7,10-11,18-21,23-24,32-33H,4,6,8-9,12-17,37H2,1-3,5H3/t21-/m1/s1. The number of hydrogen-bond donors (Lipinski definition) is 2. The van der Waals surface area contributed by atoms with Gasteiger partial charge >= 0.3 is 0 Å². The Labute approximate surface area is 225 Å². The summed E-state index contributed by atoms with van der Waals surface area (Å²) in [5.74, 6) is 1.11. The van der Waals surface area contributed by atoms with E-state index in [0.717, 1.165) is 55.7 Å². The molecule has 1 aromatic heterocycles. The number of hydrogen-bond acceptors (Lipinski definition) is 4. The molecule has 0 bridgehead atoms. The SMILES string of the molecule is C=C(N[C@H](C)c1cccc(C(C)C)c1P)c1cn(C2(C3CCC3)CC2)c(=O)cc1NC1CCN(C)CC1. The Hall–Kier alpha value is -2.10. The molecule has 2 N–H and O–H groups in total. The molecule has 0 spiro atoms. The highest BCUT2D eigenvalue weighted by atomic mass is 31.0. The second-order valence-electron chi connectivity index (χ2n) is 12.1. The Morgan fingerprint density at radius 3 is 2.38 bits per heavy atom. The highest BCUT2D eigenvalue weighted by Crippen LogP contribution is 2.56. The summed E-state index contributed by atoms with van der Waals surface area (Å²) in [4.78, 5) is 15.9. The maximum Gasteiger partial charge on any atom is 0.253 e. The van der Waals surface area contributed by atoms with Crippen molar-refractivity contribution in [3.8, 4) is 0 Å². The molecule has 1 unspecified atom stereocenters. The Balaban J connectivity index is 1.46. The molecule has 2 aliphatic carbocycles. The van der Waals surface area contributed by atoms with Crippen LogP contribution in [-0.2, 0) is 5.54 Å². The summed E-state index contributed by atoms with van der Waals surface area (Å²) in [6, 6.07) is 8.89. The number of likely N-dealkylation sites (tertiary alicyclic amines) is 1. The average Bonchev–Trinajstić information content (AvgIpc) is 3.60. The molecule has 0 amide bonds. The molecule has 1 aromatic carbocycles. The van der Waals surface area contributed by atoms with Crippen molar-refractivity contribution < 1.29 is 0 Å². The fourth-order valence-corrected chi connectivity index (χ4v) is 7.21. The normalized spacial score (nSPS) is 20.9. The molecule has 2 atom stereocenters. The highest BCUT2D eigenvalue weighted by molar-refractivity contribution is 7.27. The zero-order chi connectivity index (χ0) is 26.3. The summed E-state index contributed by atoms with van der Waals surface area (Å²) in [6.45, 7) is 13.4. The quantitative estimate of drug-likeness (QED) is 0.424. The van der Waals surface area contributed by atoms with Gasteiger partial charge in [-0.3, -0.25) is 4.79 Å². The van der Waals surface area contributed by atoms with E-state index in [-0.39, 0.29) is 17.1 Å². The Kier molecular flexibility index (Phi) is 7.58. The summed E-state index contributed by atoms with van der Waals surface area (Å²) < 4.78 is 2.07. The fourth-order valence-electron chi connectivity index (χ4n) is 6.43. The summed E-state index contributed by atoms with van der Waals surface area (Å²) >= 11 is 0. The van der Waals surface area contributed by atoms with Crippen LogP contribution in [0.15, 0.2) is 41.8 Å². The van der Waals surface area contributed by atoms with Crippen LogP contribution in [-0.4, -0.2) is 35.6 Å². The van der Waals surface area contributed by atoms with E-state index >= 15 is 0 Å². The van der Waals surface area contributed by atoms with Crippen molar-refractivity contribution in [3.63, 3.8) is 0 Å². The number of nitrogens with zero attached hydrogens (tertiary/aromatic N) is 2. The Morgan fingerprint density at radius 2 is 1.78 bits per heavy atom. The van der Waals surface area contributed by atoms with Gasteiger partial charge in [-0.05, 0) is 93.9 Å². The summed E-state index contributed by atoms with van der Waals surface area (Å²) in [6.07, 6.45) is 10.3. The summed E-state index contributed by atoms with van der Waals surface area (Å²) in [5.41, 5.74) is 5.61. The molecule has 6 heteroatoms. The van der Waals surface area contributed by atoms with Gasteiger partial charge in [0.1, 0.15) is 0 Å². The van der Waals surface area contributed by atoms with Crippen LogP contribution in [0, 0.1) is 5.92 Å². The van der Waals surface area contributed by atoms with Crippen LogP contribution < -0.4 is 21.5 Å². The van der Waals surface area contributed by atoms with E-state index in [4.69, 9.17) is 0 Å². The largest absolute Gasteiger partial charge is 0.381 e. The molecule has 1 aliphatic heterocycles. The van der Waals surface area contributed by atoms with Crippen molar-refractivity contribution >= 4 is 25.9 Å². The van der Waals surface area contributed by atoms with Crippen LogP contribution in [0.5, 0.6) is 0 Å². The number of anilines is 1. The molecule has 2 heterocycles. The van der Waals surface area contributed by atoms with Gasteiger partial charge in [-0.25, -0.2) is 0 Å². The molecule has 2 aromatic rings. The van der Waals surface area contributed by atoms with E-state index < -0.39 is 0 Å². The lowest BCUT2D eigenvalue weighted by Gasteiger charge is -2.36. The van der Waals surface area contributed by atoms with Gasteiger partial charge in [0.15, 0.2) is 0 Å². The van der Waals surface area contributed by atoms with Gasteiger partial charge in [-0.2, -0.15) is 0 Å². The number of benzene rings is 1. The van der Waals surface area contributed by atoms with Crippen LogP contribution in [0.25, 0.3) is 5.70 Å². The summed E-state index contributed by atoms with van der Waals surface area (Å²) in [7, 11) is 5.14. The van der Waals surface area contributed by atoms with Crippen LogP contribution in [0.2, 0.25) is 0 Å². The predicted octanol–water partition coefficient (Wildman–Crippen LogP) is 5.59. The number of nitrogens with one attached hydrogen (secondary N) is 2. The minimum absolute atomic E-state index is 0.0287. The fraction of sp³-hybridized carbons (Fsp3) is 0.581. The van der Waals surface area contributed by atoms with Crippen molar-refractivity contribution in [2.24, 2.45) is 5.92 Å². The first kappa shape index (κ1) is 26.5. The van der Waals surface area contributed by atoms with E-state index in [1.165, 1.54) is 35.7 Å². The molecule has 5 nitrogen and oxygen atoms in total. The van der Waals surface area contributed by atoms with Gasteiger partial charge in [0.25, 0.3) is 5.56 Å². The molecule has 0 radical (unpaired) electrons. The predicted molar refractivity (Wildman–Crippen MR) is 160 cm³/mol. The van der Waals surface area contributed by atoms with Gasteiger partial charge in [0.2, 0.25) is 0 Å². The highest BCUT2D eigenvalue weighted by Gasteiger charge is 2.53. The first-order chi connectivity index (χ1) is 17.7. The second-order valence-corrected chi connectivity index (χ2v) is 12.7. The van der Waals surface area contributed by atoms with E-state index in [2.05, 4.69) is 88.1 Å². The maximum absolute atomic E-state index is 13.5. The summed E-state index contributed by atoms with van der Waals surface area (Å²) in [5, 5.41) is 8.73. The molecule has 1 saturated heterocycles. The monoisotopic (exact) mass is 520 g/mol. The smallest absolute Gasteiger partial charge is 0.253 e. The van der Waals surface area contributed by atoms with Crippen molar-refractivity contribution in [2.45, 2.75) is 89.3 Å². The Morgan fingerprint density at radius 1 is 1.11 bits per heavy atom. The topological polar surface area (TPSA) is 49.3 Å². The third-order valence-electron chi connectivity index (χ3n) is 9.22. The lowest BCUT2D eigenvalue weighted by molar-refractivity contribution is 0.184. The van der Waals surface area contributed by atoms with E-state index in [9.17, 15) is 4.79 Å². The van der Waals surface area contributed by atoms with Crippen molar-refractivity contribution in [1.82, 2.24) is 14.8 Å². The van der Waals surface area contributed by atoms with Gasteiger partial charge < -0.3 is 20.1 Å². The van der Waals surface area contributed by atoms with Crippen molar-refractivity contribution in [1.29, 1.82) is 0 Å². The molecule has 3 aliphatic rings. The van der Waals surface area contributed by atoms with Gasteiger partial charge in [-0.1, -0.05) is 45.0 Å². The first-order valence-electron chi connectivity index (χ1n) is 14.3. The molecule has 37 heavy (non-hydrogen) atoms. The molecular formula is C31H45N4OP. The molecule has 200 valence electrons. The van der Waals surface area contributed by atoms with E-state index in [0.29, 0.717) is 17.9 Å². The molecule has 2 saturated carbocycles. The number of aromatic nitrogens is 1. The zero-order valence-corrected chi connectivity index (χ0v) is 24.3. The minimum Gasteiger partial charge on any atom is -0.381 e. The lowest BCUT2D eigenvalue weighted by Crippen LogP contribution is -2.40. The third-order valence-corrected chi connectivity index (χ3v) is 9.88. The number of pyridine rings is 1. The van der Waals surface area contributed by atoms with Gasteiger partial charge in [-0.15, -0.1) is 9.24 Å². The molecule has 5 rings (SSSR count). The zero-order valence-electron chi connectivity index (χ0n) is 23.1. The Bertz CT molecular complexity index is 1200. The lowest BCUT2D eigenvalue weighted by atomic mass is 9.77. The number of piperidine rings is 1. The van der Waals surface area contributed by atoms with E-state index in [1.54, 1.807) is 0 Å². The van der Waals surface area contributed by atoms with Crippen LogP contribution in [0.4, 0.5) is 5.69 Å². The van der Waals surface area contributed by atoms with Gasteiger partial charge in [0, 0.05) is 35.6 Å². The average molecular weight is 521 g/mol. The first-order valence-corrected chi connectivity index (χ1v) is 14.8. The van der Waals surface area contributed by atoms with Crippen LogP contribution >= 0.6 is 9.24 Å². The van der Waals surface area contributed by atoms with Crippen LogP contribution in [0.1, 0.15) is 94.4 Å². The second kappa shape index (κ2) is 10.6. The molecule has 3 fully saturated rings. The maximum atomic E-state index is 13.5. The van der Waals surface area contributed by atoms with E-state index in [1.807, 2.05) is 6.07 Å². The molecular weight excluding hydrogens is 475 g/mol. The van der Waals surface area contributed by atoms with Crippen LogP contribution in [0.3, 0.4) is 0 Å². The van der Waals surface area contributed by atoms with Crippen molar-refractivity contribution in [3.05, 3.63) is 64.1 Å². The minimum atomic E-state index is 0.0287. The number of rotatable bonds is 9. The van der Waals surface area contributed by atoms with Gasteiger partial charge in [0.05, 0.1) is 11.2 Å². The third kappa shape index (κ3) is 5.27.